The van der Waals surface area contributed by atoms with Gasteiger partial charge in [0.15, 0.2) is 0 Å². The Labute approximate surface area is 176 Å². The summed E-state index contributed by atoms with van der Waals surface area (Å²) in [6.45, 7) is 9.19. The number of benzene rings is 1. The number of thioether (sulfide) groups is 1. The third-order valence-corrected chi connectivity index (χ3v) is 6.55. The lowest BCUT2D eigenvalue weighted by atomic mass is 10.0. The number of aryl methyl sites for hydroxylation is 1. The van der Waals surface area contributed by atoms with Gasteiger partial charge in [-0.05, 0) is 31.4 Å². The van der Waals surface area contributed by atoms with Crippen molar-refractivity contribution in [3.05, 3.63) is 72.1 Å². The second-order valence-corrected chi connectivity index (χ2v) is 8.50. The lowest BCUT2D eigenvalue weighted by Crippen LogP contribution is -2.34. The molecule has 4 rings (SSSR count). The van der Waals surface area contributed by atoms with E-state index in [-0.39, 0.29) is 5.91 Å². The number of amides is 1. The molecule has 1 amide bonds. The molecule has 0 aliphatic carbocycles. The maximum absolute atomic E-state index is 13.3. The standard InChI is InChI=1S/C23H26N4OS/c1-4-7-21(29-3)19-8-5-6-9-20(19)22(28)26-12-17-14-27(15-18(17)13-26)23-24-11-10-16(2)25-23/h4-11,17-18H,1,12-15H2,2-3H3. The topological polar surface area (TPSA) is 49.3 Å². The predicted octanol–water partition coefficient (Wildman–Crippen LogP) is 3.88. The first kappa shape index (κ1) is 19.7. The summed E-state index contributed by atoms with van der Waals surface area (Å²) in [7, 11) is 0. The molecule has 2 aliphatic heterocycles. The van der Waals surface area contributed by atoms with E-state index in [2.05, 4.69) is 21.4 Å². The molecule has 1 aromatic heterocycles. The van der Waals surface area contributed by atoms with Crippen molar-refractivity contribution in [1.29, 1.82) is 0 Å². The van der Waals surface area contributed by atoms with E-state index in [1.807, 2.05) is 60.7 Å². The highest BCUT2D eigenvalue weighted by Gasteiger charge is 2.42. The van der Waals surface area contributed by atoms with Crippen LogP contribution >= 0.6 is 11.8 Å². The van der Waals surface area contributed by atoms with Gasteiger partial charge in [-0.2, -0.15) is 0 Å². The second-order valence-electron chi connectivity index (χ2n) is 7.65. The molecule has 150 valence electrons. The summed E-state index contributed by atoms with van der Waals surface area (Å²) in [6, 6.07) is 9.80. The van der Waals surface area contributed by atoms with Gasteiger partial charge in [-0.3, -0.25) is 4.79 Å². The zero-order valence-electron chi connectivity index (χ0n) is 16.9. The van der Waals surface area contributed by atoms with Crippen LogP contribution in [0.15, 0.2) is 55.3 Å². The Hall–Kier alpha value is -2.60. The Balaban J connectivity index is 1.49. The van der Waals surface area contributed by atoms with E-state index in [0.29, 0.717) is 11.8 Å². The minimum atomic E-state index is 0.123. The molecule has 2 fully saturated rings. The van der Waals surface area contributed by atoms with E-state index in [4.69, 9.17) is 0 Å². The van der Waals surface area contributed by atoms with Gasteiger partial charge < -0.3 is 9.80 Å². The Kier molecular flexibility index (Phi) is 5.72. The fourth-order valence-corrected chi connectivity index (χ4v) is 4.97. The highest BCUT2D eigenvalue weighted by molar-refractivity contribution is 8.07. The van der Waals surface area contributed by atoms with Gasteiger partial charge in [-0.1, -0.05) is 30.9 Å². The van der Waals surface area contributed by atoms with Gasteiger partial charge in [0.05, 0.1) is 0 Å². The number of allylic oxidation sites excluding steroid dienone is 2. The van der Waals surface area contributed by atoms with Gasteiger partial charge in [0.2, 0.25) is 5.95 Å². The van der Waals surface area contributed by atoms with E-state index in [1.165, 1.54) is 0 Å². The van der Waals surface area contributed by atoms with Crippen LogP contribution in [0.1, 0.15) is 21.6 Å². The van der Waals surface area contributed by atoms with E-state index in [1.54, 1.807) is 17.8 Å². The fourth-order valence-electron chi connectivity index (χ4n) is 4.34. The van der Waals surface area contributed by atoms with Gasteiger partial charge in [0, 0.05) is 65.9 Å². The Morgan fingerprint density at radius 2 is 1.83 bits per heavy atom. The summed E-state index contributed by atoms with van der Waals surface area (Å²) in [5.74, 6) is 1.87. The SMILES string of the molecule is C=CC=C(SC)c1ccccc1C(=O)N1CC2CN(c3nccc(C)n3)CC2C1. The first-order chi connectivity index (χ1) is 14.1. The molecule has 0 spiro atoms. The van der Waals surface area contributed by atoms with Crippen LogP contribution in [0.5, 0.6) is 0 Å². The van der Waals surface area contributed by atoms with E-state index >= 15 is 0 Å². The number of likely N-dealkylation sites (tertiary alicyclic amines) is 1. The molecule has 5 nitrogen and oxygen atoms in total. The van der Waals surface area contributed by atoms with Crippen molar-refractivity contribution in [3.8, 4) is 0 Å². The lowest BCUT2D eigenvalue weighted by molar-refractivity contribution is 0.0782. The van der Waals surface area contributed by atoms with Gasteiger partial charge >= 0.3 is 0 Å². The molecule has 0 saturated carbocycles. The third kappa shape index (κ3) is 3.94. The molecule has 2 saturated heterocycles. The van der Waals surface area contributed by atoms with Gasteiger partial charge in [0.25, 0.3) is 5.91 Å². The quantitative estimate of drug-likeness (QED) is 0.705. The molecule has 2 aromatic rings. The molecule has 0 bridgehead atoms. The summed E-state index contributed by atoms with van der Waals surface area (Å²) in [5.41, 5.74) is 2.74. The molecule has 29 heavy (non-hydrogen) atoms. The second kappa shape index (κ2) is 8.41. The number of fused-ring (bicyclic) bond motifs is 1. The molecule has 2 unspecified atom stereocenters. The van der Waals surface area contributed by atoms with Crippen molar-refractivity contribution in [2.75, 3.05) is 37.3 Å². The van der Waals surface area contributed by atoms with Crippen molar-refractivity contribution in [1.82, 2.24) is 14.9 Å². The highest BCUT2D eigenvalue weighted by atomic mass is 32.2. The van der Waals surface area contributed by atoms with Crippen LogP contribution in [0, 0.1) is 18.8 Å². The third-order valence-electron chi connectivity index (χ3n) is 5.75. The van der Waals surface area contributed by atoms with Crippen LogP contribution in [0.2, 0.25) is 0 Å². The molecular formula is C23H26N4OS. The van der Waals surface area contributed by atoms with E-state index in [0.717, 1.165) is 53.9 Å². The van der Waals surface area contributed by atoms with Gasteiger partial charge in [-0.25, -0.2) is 9.97 Å². The van der Waals surface area contributed by atoms with Crippen molar-refractivity contribution in [3.63, 3.8) is 0 Å². The van der Waals surface area contributed by atoms with Crippen molar-refractivity contribution in [2.24, 2.45) is 11.8 Å². The summed E-state index contributed by atoms with van der Waals surface area (Å²) >= 11 is 1.64. The highest BCUT2D eigenvalue weighted by Crippen LogP contribution is 2.35. The number of carbonyl (C=O) groups is 1. The first-order valence-electron chi connectivity index (χ1n) is 9.90. The average Bonchev–Trinajstić information content (AvgIpc) is 3.31. The smallest absolute Gasteiger partial charge is 0.254 e. The van der Waals surface area contributed by atoms with Crippen LogP contribution in [-0.4, -0.2) is 53.2 Å². The number of hydrogen-bond donors (Lipinski definition) is 0. The molecule has 0 radical (unpaired) electrons. The predicted molar refractivity (Wildman–Crippen MR) is 120 cm³/mol. The van der Waals surface area contributed by atoms with Gasteiger partial charge in [-0.15, -0.1) is 11.8 Å². The minimum Gasteiger partial charge on any atom is -0.340 e. The van der Waals surface area contributed by atoms with Crippen LogP contribution in [0.3, 0.4) is 0 Å². The average molecular weight is 407 g/mol. The molecule has 1 aromatic carbocycles. The Morgan fingerprint density at radius 1 is 1.14 bits per heavy atom. The monoisotopic (exact) mass is 406 g/mol. The number of nitrogens with zero attached hydrogens (tertiary/aromatic N) is 4. The van der Waals surface area contributed by atoms with Crippen LogP contribution in [0.4, 0.5) is 5.95 Å². The van der Waals surface area contributed by atoms with Gasteiger partial charge in [0.1, 0.15) is 0 Å². The van der Waals surface area contributed by atoms with Crippen LogP contribution < -0.4 is 4.90 Å². The Morgan fingerprint density at radius 3 is 2.45 bits per heavy atom. The largest absolute Gasteiger partial charge is 0.340 e. The molecule has 0 N–H and O–H groups in total. The molecule has 2 aliphatic rings. The van der Waals surface area contributed by atoms with Crippen molar-refractivity contribution in [2.45, 2.75) is 6.92 Å². The maximum Gasteiger partial charge on any atom is 0.254 e. The Bertz CT molecular complexity index is 943. The van der Waals surface area contributed by atoms with Crippen LogP contribution in [0.25, 0.3) is 4.91 Å². The first-order valence-corrected chi connectivity index (χ1v) is 11.1. The minimum absolute atomic E-state index is 0.123. The summed E-state index contributed by atoms with van der Waals surface area (Å²) in [5, 5.41) is 0. The summed E-state index contributed by atoms with van der Waals surface area (Å²) in [6.07, 6.45) is 7.59. The molecule has 3 heterocycles. The van der Waals surface area contributed by atoms with E-state index < -0.39 is 0 Å². The van der Waals surface area contributed by atoms with Crippen molar-refractivity contribution < 1.29 is 4.79 Å². The number of hydrogen-bond acceptors (Lipinski definition) is 5. The maximum atomic E-state index is 13.3. The van der Waals surface area contributed by atoms with E-state index in [9.17, 15) is 4.79 Å². The zero-order chi connectivity index (χ0) is 20.4. The molecular weight excluding hydrogens is 380 g/mol. The summed E-state index contributed by atoms with van der Waals surface area (Å²) < 4.78 is 0. The van der Waals surface area contributed by atoms with Crippen molar-refractivity contribution >= 4 is 28.5 Å². The number of anilines is 1. The molecule has 6 heteroatoms. The summed E-state index contributed by atoms with van der Waals surface area (Å²) in [4.78, 5) is 27.7. The van der Waals surface area contributed by atoms with Crippen LogP contribution in [-0.2, 0) is 0 Å². The normalized spacial score (nSPS) is 21.4. The number of rotatable bonds is 5. The zero-order valence-corrected chi connectivity index (χ0v) is 17.7. The number of carbonyl (C=O) groups excluding carboxylic acids is 1. The lowest BCUT2D eigenvalue weighted by Gasteiger charge is -2.23. The number of aromatic nitrogens is 2. The fraction of sp³-hybridized carbons (Fsp3) is 0.348. The molecule has 2 atom stereocenters.